The monoisotopic (exact) mass is 299 g/mol. The molecule has 1 aromatic carbocycles. The Balaban J connectivity index is 2.56. The summed E-state index contributed by atoms with van der Waals surface area (Å²) in [5, 5.41) is 5.08. The Morgan fingerprint density at radius 1 is 1.35 bits per heavy atom. The molecule has 0 saturated carbocycles. The highest BCUT2D eigenvalue weighted by molar-refractivity contribution is 9.10. The maximum Gasteiger partial charge on any atom is 0.243 e. The molecule has 1 rings (SSSR count). The second-order valence-corrected chi connectivity index (χ2v) is 4.37. The lowest BCUT2D eigenvalue weighted by atomic mass is 10.2. The van der Waals surface area contributed by atoms with Gasteiger partial charge in [0.1, 0.15) is 0 Å². The van der Waals surface area contributed by atoms with Crippen molar-refractivity contribution < 1.29 is 9.59 Å². The fraction of sp³-hybridized carbons (Fsp3) is 0.273. The smallest absolute Gasteiger partial charge is 0.243 e. The third kappa shape index (κ3) is 4.54. The van der Waals surface area contributed by atoms with Gasteiger partial charge >= 0.3 is 0 Å². The largest absolute Gasteiger partial charge is 0.346 e. The average Bonchev–Trinajstić information content (AvgIpc) is 2.30. The van der Waals surface area contributed by atoms with Crippen molar-refractivity contribution in [3.63, 3.8) is 0 Å². The van der Waals surface area contributed by atoms with Crippen LogP contribution in [-0.2, 0) is 9.59 Å². The van der Waals surface area contributed by atoms with E-state index in [1.807, 2.05) is 25.1 Å². The van der Waals surface area contributed by atoms with Crippen LogP contribution in [0.5, 0.6) is 0 Å². The van der Waals surface area contributed by atoms with E-state index in [2.05, 4.69) is 26.6 Å². The predicted molar refractivity (Wildman–Crippen MR) is 69.6 cm³/mol. The summed E-state index contributed by atoms with van der Waals surface area (Å²) in [7, 11) is 0. The van der Waals surface area contributed by atoms with Crippen molar-refractivity contribution >= 4 is 33.4 Å². The normalized spacial score (nSPS) is 9.82. The number of carbonyl (C=O) groups excluding carboxylic acids is 2. The number of rotatable bonds is 4. The zero-order valence-corrected chi connectivity index (χ0v) is 11.0. The van der Waals surface area contributed by atoms with Crippen LogP contribution < -0.4 is 16.4 Å². The van der Waals surface area contributed by atoms with Crippen LogP contribution >= 0.6 is 15.9 Å². The van der Waals surface area contributed by atoms with Gasteiger partial charge in [-0.25, -0.2) is 0 Å². The minimum Gasteiger partial charge on any atom is -0.346 e. The first-order valence-corrected chi connectivity index (χ1v) is 5.85. The van der Waals surface area contributed by atoms with Crippen molar-refractivity contribution in [2.75, 3.05) is 18.4 Å². The summed E-state index contributed by atoms with van der Waals surface area (Å²) in [4.78, 5) is 22.4. The molecule has 6 heteroatoms. The van der Waals surface area contributed by atoms with Crippen molar-refractivity contribution in [2.45, 2.75) is 6.92 Å². The van der Waals surface area contributed by atoms with Gasteiger partial charge < -0.3 is 16.4 Å². The SMILES string of the molecule is Cc1ccc(Br)c(NC(=O)CNC(=O)CN)c1. The molecule has 2 amide bonds. The standard InChI is InChI=1S/C11H14BrN3O2/c1-7-2-3-8(12)9(4-7)15-11(17)6-14-10(16)5-13/h2-4H,5-6,13H2,1H3,(H,14,16)(H,15,17). The molecule has 0 unspecified atom stereocenters. The minimum atomic E-state index is -0.358. The van der Waals surface area contributed by atoms with E-state index < -0.39 is 0 Å². The number of benzene rings is 1. The summed E-state index contributed by atoms with van der Waals surface area (Å²) in [6.07, 6.45) is 0. The van der Waals surface area contributed by atoms with Gasteiger partial charge in [-0.15, -0.1) is 0 Å². The number of nitrogens with two attached hydrogens (primary N) is 1. The van der Waals surface area contributed by atoms with Crippen LogP contribution in [0.3, 0.4) is 0 Å². The van der Waals surface area contributed by atoms with Gasteiger partial charge in [0.25, 0.3) is 0 Å². The number of halogens is 1. The van der Waals surface area contributed by atoms with Crippen molar-refractivity contribution in [1.82, 2.24) is 5.32 Å². The van der Waals surface area contributed by atoms with Crippen molar-refractivity contribution in [3.05, 3.63) is 28.2 Å². The van der Waals surface area contributed by atoms with Crippen LogP contribution in [0.25, 0.3) is 0 Å². The highest BCUT2D eigenvalue weighted by Gasteiger charge is 2.06. The second-order valence-electron chi connectivity index (χ2n) is 3.51. The number of amides is 2. The molecule has 0 fully saturated rings. The van der Waals surface area contributed by atoms with E-state index >= 15 is 0 Å². The summed E-state index contributed by atoms with van der Waals surface area (Å²) in [6.45, 7) is 1.72. The van der Waals surface area contributed by atoms with Gasteiger partial charge in [0.15, 0.2) is 0 Å². The molecule has 1 aromatic rings. The summed E-state index contributed by atoms with van der Waals surface area (Å²) in [5.74, 6) is -0.651. The number of anilines is 1. The maximum atomic E-state index is 11.5. The molecule has 92 valence electrons. The van der Waals surface area contributed by atoms with Crippen molar-refractivity contribution in [3.8, 4) is 0 Å². The molecule has 5 nitrogen and oxygen atoms in total. The zero-order chi connectivity index (χ0) is 12.8. The lowest BCUT2D eigenvalue weighted by Gasteiger charge is -2.08. The summed E-state index contributed by atoms with van der Waals surface area (Å²) < 4.78 is 0.793. The van der Waals surface area contributed by atoms with E-state index in [1.165, 1.54) is 0 Å². The van der Waals surface area contributed by atoms with E-state index in [0.29, 0.717) is 5.69 Å². The Labute approximate surface area is 108 Å². The highest BCUT2D eigenvalue weighted by atomic mass is 79.9. The van der Waals surface area contributed by atoms with Crippen molar-refractivity contribution in [1.29, 1.82) is 0 Å². The van der Waals surface area contributed by atoms with Gasteiger partial charge in [0.2, 0.25) is 11.8 Å². The van der Waals surface area contributed by atoms with Gasteiger partial charge in [-0.1, -0.05) is 6.07 Å². The summed E-state index contributed by atoms with van der Waals surface area (Å²) in [6, 6.07) is 5.62. The number of aryl methyl sites for hydroxylation is 1. The quantitative estimate of drug-likeness (QED) is 0.768. The van der Waals surface area contributed by atoms with Crippen LogP contribution in [0.15, 0.2) is 22.7 Å². The minimum absolute atomic E-state index is 0.0869. The molecule has 17 heavy (non-hydrogen) atoms. The molecule has 0 heterocycles. The maximum absolute atomic E-state index is 11.5. The van der Waals surface area contributed by atoms with Crippen LogP contribution in [0.4, 0.5) is 5.69 Å². The Hall–Kier alpha value is -1.40. The third-order valence-electron chi connectivity index (χ3n) is 2.03. The fourth-order valence-corrected chi connectivity index (χ4v) is 1.53. The van der Waals surface area contributed by atoms with Crippen LogP contribution in [0.2, 0.25) is 0 Å². The number of nitrogens with one attached hydrogen (secondary N) is 2. The average molecular weight is 300 g/mol. The number of hydrogen-bond acceptors (Lipinski definition) is 3. The van der Waals surface area contributed by atoms with E-state index in [0.717, 1.165) is 10.0 Å². The summed E-state index contributed by atoms with van der Waals surface area (Å²) in [5.41, 5.74) is 6.82. The third-order valence-corrected chi connectivity index (χ3v) is 2.72. The fourth-order valence-electron chi connectivity index (χ4n) is 1.18. The second kappa shape index (κ2) is 6.36. The van der Waals surface area contributed by atoms with E-state index in [-0.39, 0.29) is 24.9 Å². The number of carbonyl (C=O) groups is 2. The molecule has 0 spiro atoms. The Morgan fingerprint density at radius 3 is 2.71 bits per heavy atom. The lowest BCUT2D eigenvalue weighted by Crippen LogP contribution is -2.36. The molecule has 0 aliphatic carbocycles. The molecular weight excluding hydrogens is 286 g/mol. The number of hydrogen-bond donors (Lipinski definition) is 3. The molecule has 0 radical (unpaired) electrons. The molecule has 0 bridgehead atoms. The van der Waals surface area contributed by atoms with Gasteiger partial charge in [0.05, 0.1) is 18.8 Å². The van der Waals surface area contributed by atoms with Crippen molar-refractivity contribution in [2.24, 2.45) is 5.73 Å². The first-order chi connectivity index (χ1) is 8.02. The van der Waals surface area contributed by atoms with Gasteiger partial charge in [-0.05, 0) is 40.5 Å². The summed E-state index contributed by atoms with van der Waals surface area (Å²) >= 11 is 3.33. The van der Waals surface area contributed by atoms with Crippen LogP contribution in [0.1, 0.15) is 5.56 Å². The van der Waals surface area contributed by atoms with Gasteiger partial charge in [-0.3, -0.25) is 9.59 Å². The first kappa shape index (κ1) is 13.7. The van der Waals surface area contributed by atoms with Crippen LogP contribution in [-0.4, -0.2) is 24.9 Å². The zero-order valence-electron chi connectivity index (χ0n) is 9.42. The molecule has 0 aromatic heterocycles. The molecule has 0 aliphatic rings. The van der Waals surface area contributed by atoms with E-state index in [1.54, 1.807) is 0 Å². The van der Waals surface area contributed by atoms with Crippen LogP contribution in [0, 0.1) is 6.92 Å². The molecule has 0 saturated heterocycles. The van der Waals surface area contributed by atoms with E-state index in [4.69, 9.17) is 5.73 Å². The molecule has 0 atom stereocenters. The Bertz CT molecular complexity index is 435. The van der Waals surface area contributed by atoms with E-state index in [9.17, 15) is 9.59 Å². The highest BCUT2D eigenvalue weighted by Crippen LogP contribution is 2.22. The molecular formula is C11H14BrN3O2. The van der Waals surface area contributed by atoms with Gasteiger partial charge in [0, 0.05) is 4.47 Å². The lowest BCUT2D eigenvalue weighted by molar-refractivity contribution is -0.123. The molecule has 0 aliphatic heterocycles. The van der Waals surface area contributed by atoms with Gasteiger partial charge in [-0.2, -0.15) is 0 Å². The first-order valence-electron chi connectivity index (χ1n) is 5.05. The Kier molecular flexibility index (Phi) is 5.11. The Morgan fingerprint density at radius 2 is 2.06 bits per heavy atom. The molecule has 4 N–H and O–H groups in total. The predicted octanol–water partition coefficient (Wildman–Crippen LogP) is 0.771. The topological polar surface area (TPSA) is 84.2 Å².